The largest absolute Gasteiger partial charge is 0.464 e. The summed E-state index contributed by atoms with van der Waals surface area (Å²) in [6.07, 6.45) is 3.48. The molecule has 0 fully saturated rings. The molecular weight excluding hydrogens is 380 g/mol. The molecule has 3 rings (SSSR count). The maximum atomic E-state index is 12.4. The molecule has 3 aromatic rings. The third kappa shape index (κ3) is 6.30. The van der Waals surface area contributed by atoms with Gasteiger partial charge in [0.2, 0.25) is 5.91 Å². The fourth-order valence-electron chi connectivity index (χ4n) is 3.11. The SMILES string of the molecule is CCOC(=O)C(Cc1ccccc1)NC(=O)CCCc1ncc(-c2ccccc2)o1. The van der Waals surface area contributed by atoms with E-state index >= 15 is 0 Å². The number of hydrogen-bond donors (Lipinski definition) is 1. The molecule has 0 spiro atoms. The van der Waals surface area contributed by atoms with Crippen LogP contribution in [0.25, 0.3) is 11.3 Å². The predicted molar refractivity (Wildman–Crippen MR) is 114 cm³/mol. The van der Waals surface area contributed by atoms with Gasteiger partial charge >= 0.3 is 5.97 Å². The van der Waals surface area contributed by atoms with Gasteiger partial charge in [-0.3, -0.25) is 4.79 Å². The van der Waals surface area contributed by atoms with Gasteiger partial charge in [-0.2, -0.15) is 0 Å². The number of amides is 1. The van der Waals surface area contributed by atoms with Crippen LogP contribution >= 0.6 is 0 Å². The van der Waals surface area contributed by atoms with Crippen LogP contribution in [-0.2, 0) is 27.2 Å². The number of aryl methyl sites for hydroxylation is 1. The molecule has 1 amide bonds. The van der Waals surface area contributed by atoms with Crippen molar-refractivity contribution >= 4 is 11.9 Å². The molecule has 1 N–H and O–H groups in total. The lowest BCUT2D eigenvalue weighted by atomic mass is 10.1. The van der Waals surface area contributed by atoms with Crippen LogP contribution in [0.4, 0.5) is 0 Å². The van der Waals surface area contributed by atoms with Crippen molar-refractivity contribution in [1.82, 2.24) is 10.3 Å². The molecular formula is C24H26N2O4. The summed E-state index contributed by atoms with van der Waals surface area (Å²) in [5.74, 6) is 0.682. The Hall–Kier alpha value is -3.41. The summed E-state index contributed by atoms with van der Waals surface area (Å²) in [6, 6.07) is 18.6. The maximum Gasteiger partial charge on any atom is 0.328 e. The maximum absolute atomic E-state index is 12.4. The highest BCUT2D eigenvalue weighted by molar-refractivity contribution is 5.84. The van der Waals surface area contributed by atoms with E-state index < -0.39 is 12.0 Å². The Kier molecular flexibility index (Phi) is 7.78. The lowest BCUT2D eigenvalue weighted by Crippen LogP contribution is -2.43. The highest BCUT2D eigenvalue weighted by Crippen LogP contribution is 2.20. The van der Waals surface area contributed by atoms with Crippen LogP contribution < -0.4 is 5.32 Å². The van der Waals surface area contributed by atoms with Gasteiger partial charge in [-0.1, -0.05) is 60.7 Å². The third-order valence-electron chi connectivity index (χ3n) is 4.60. The van der Waals surface area contributed by atoms with Crippen molar-refractivity contribution in [3.05, 3.63) is 78.3 Å². The summed E-state index contributed by atoms with van der Waals surface area (Å²) in [4.78, 5) is 28.9. The summed E-state index contributed by atoms with van der Waals surface area (Å²) < 4.78 is 10.9. The van der Waals surface area contributed by atoms with Crippen molar-refractivity contribution in [1.29, 1.82) is 0 Å². The van der Waals surface area contributed by atoms with Gasteiger partial charge in [0.1, 0.15) is 6.04 Å². The molecule has 0 aliphatic carbocycles. The molecule has 1 heterocycles. The van der Waals surface area contributed by atoms with E-state index in [2.05, 4.69) is 10.3 Å². The lowest BCUT2D eigenvalue weighted by molar-refractivity contribution is -0.147. The number of aromatic nitrogens is 1. The number of esters is 1. The lowest BCUT2D eigenvalue weighted by Gasteiger charge is -2.17. The summed E-state index contributed by atoms with van der Waals surface area (Å²) in [5.41, 5.74) is 1.93. The number of rotatable bonds is 10. The second kappa shape index (κ2) is 11.0. The van der Waals surface area contributed by atoms with Crippen molar-refractivity contribution in [2.75, 3.05) is 6.61 Å². The highest BCUT2D eigenvalue weighted by atomic mass is 16.5. The summed E-state index contributed by atoms with van der Waals surface area (Å²) >= 11 is 0. The zero-order valence-corrected chi connectivity index (χ0v) is 17.0. The molecule has 0 saturated carbocycles. The molecule has 6 heteroatoms. The number of ether oxygens (including phenoxy) is 1. The minimum Gasteiger partial charge on any atom is -0.464 e. The first-order valence-electron chi connectivity index (χ1n) is 10.2. The van der Waals surface area contributed by atoms with E-state index in [0.717, 1.165) is 11.1 Å². The van der Waals surface area contributed by atoms with Gasteiger partial charge in [0.25, 0.3) is 0 Å². The van der Waals surface area contributed by atoms with Crippen molar-refractivity contribution in [3.8, 4) is 11.3 Å². The third-order valence-corrected chi connectivity index (χ3v) is 4.60. The van der Waals surface area contributed by atoms with Crippen LogP contribution in [0.5, 0.6) is 0 Å². The van der Waals surface area contributed by atoms with Gasteiger partial charge in [-0.05, 0) is 18.9 Å². The fraction of sp³-hybridized carbons (Fsp3) is 0.292. The first kappa shape index (κ1) is 21.3. The van der Waals surface area contributed by atoms with Crippen LogP contribution in [0.15, 0.2) is 71.3 Å². The van der Waals surface area contributed by atoms with Crippen molar-refractivity contribution in [2.24, 2.45) is 0 Å². The number of nitrogens with zero attached hydrogens (tertiary/aromatic N) is 1. The zero-order valence-electron chi connectivity index (χ0n) is 17.0. The fourth-order valence-corrected chi connectivity index (χ4v) is 3.11. The van der Waals surface area contributed by atoms with Gasteiger partial charge < -0.3 is 14.5 Å². The standard InChI is InChI=1S/C24H26N2O4/c1-2-29-24(28)20(16-18-10-5-3-6-11-18)26-22(27)14-9-15-23-25-17-21(30-23)19-12-7-4-8-13-19/h3-8,10-13,17,20H,2,9,14-16H2,1H3,(H,26,27). The van der Waals surface area contributed by atoms with Crippen LogP contribution in [-0.4, -0.2) is 29.5 Å². The molecule has 1 aromatic heterocycles. The van der Waals surface area contributed by atoms with Crippen LogP contribution in [0.2, 0.25) is 0 Å². The van der Waals surface area contributed by atoms with E-state index in [1.54, 1.807) is 13.1 Å². The Labute approximate surface area is 176 Å². The average Bonchev–Trinajstić information content (AvgIpc) is 3.24. The monoisotopic (exact) mass is 406 g/mol. The Morgan fingerprint density at radius 2 is 1.77 bits per heavy atom. The Bertz CT molecular complexity index is 938. The molecule has 30 heavy (non-hydrogen) atoms. The molecule has 156 valence electrons. The van der Waals surface area contributed by atoms with Crippen LogP contribution in [0.1, 0.15) is 31.2 Å². The van der Waals surface area contributed by atoms with E-state index in [9.17, 15) is 9.59 Å². The minimum absolute atomic E-state index is 0.196. The second-order valence-corrected chi connectivity index (χ2v) is 6.90. The normalized spacial score (nSPS) is 11.6. The van der Waals surface area contributed by atoms with Crippen molar-refractivity contribution in [3.63, 3.8) is 0 Å². The average molecular weight is 406 g/mol. The van der Waals surface area contributed by atoms with E-state index in [-0.39, 0.29) is 18.9 Å². The minimum atomic E-state index is -0.703. The van der Waals surface area contributed by atoms with Gasteiger partial charge in [0, 0.05) is 24.8 Å². The van der Waals surface area contributed by atoms with Gasteiger partial charge in [0.05, 0.1) is 12.8 Å². The topological polar surface area (TPSA) is 81.4 Å². The number of oxazole rings is 1. The molecule has 1 atom stereocenters. The van der Waals surface area contributed by atoms with E-state index in [1.807, 2.05) is 60.7 Å². The molecule has 2 aromatic carbocycles. The first-order chi connectivity index (χ1) is 14.7. The summed E-state index contributed by atoms with van der Waals surface area (Å²) in [7, 11) is 0. The molecule has 0 aliphatic rings. The summed E-state index contributed by atoms with van der Waals surface area (Å²) in [5, 5.41) is 2.80. The number of nitrogens with one attached hydrogen (secondary N) is 1. The highest BCUT2D eigenvalue weighted by Gasteiger charge is 2.22. The zero-order chi connectivity index (χ0) is 21.2. The molecule has 1 unspecified atom stereocenters. The van der Waals surface area contributed by atoms with E-state index in [4.69, 9.17) is 9.15 Å². The second-order valence-electron chi connectivity index (χ2n) is 6.90. The van der Waals surface area contributed by atoms with Crippen molar-refractivity contribution < 1.29 is 18.7 Å². The first-order valence-corrected chi connectivity index (χ1v) is 10.2. The molecule has 6 nitrogen and oxygen atoms in total. The summed E-state index contributed by atoms with van der Waals surface area (Å²) in [6.45, 7) is 2.02. The number of carbonyl (C=O) groups excluding carboxylic acids is 2. The Morgan fingerprint density at radius 3 is 2.47 bits per heavy atom. The van der Waals surface area contributed by atoms with Gasteiger partial charge in [0.15, 0.2) is 11.7 Å². The van der Waals surface area contributed by atoms with E-state index in [0.29, 0.717) is 30.9 Å². The van der Waals surface area contributed by atoms with Gasteiger partial charge in [-0.15, -0.1) is 0 Å². The number of hydrogen-bond acceptors (Lipinski definition) is 5. The Morgan fingerprint density at radius 1 is 1.07 bits per heavy atom. The van der Waals surface area contributed by atoms with Crippen LogP contribution in [0, 0.1) is 0 Å². The van der Waals surface area contributed by atoms with Gasteiger partial charge in [-0.25, -0.2) is 9.78 Å². The van der Waals surface area contributed by atoms with Crippen molar-refractivity contribution in [2.45, 2.75) is 38.6 Å². The number of benzene rings is 2. The van der Waals surface area contributed by atoms with Crippen LogP contribution in [0.3, 0.4) is 0 Å². The number of carbonyl (C=O) groups is 2. The smallest absolute Gasteiger partial charge is 0.328 e. The van der Waals surface area contributed by atoms with E-state index in [1.165, 1.54) is 0 Å². The Balaban J connectivity index is 1.50. The molecule has 0 aliphatic heterocycles. The quantitative estimate of drug-likeness (QED) is 0.516. The predicted octanol–water partition coefficient (Wildman–Crippen LogP) is 3.95. The molecule has 0 bridgehead atoms. The molecule has 0 saturated heterocycles. The molecule has 0 radical (unpaired) electrons.